The largest absolute Gasteiger partial charge is 0.356 e. The third kappa shape index (κ3) is 5.75. The molecule has 0 aromatic carbocycles. The molecule has 1 aromatic heterocycles. The topological polar surface area (TPSA) is 83.3 Å². The standard InChI is InChI=1S/C19H34N6O/c1-13(12-17-14(2)24-25(5)15(17)3)22-19(20-4)21-11-10-18(26)23-16-8-6-7-9-16/h13,16H,6-12H2,1-5H3,(H,23,26)(H2,20,21,22). The van der Waals surface area contributed by atoms with Crippen LogP contribution >= 0.6 is 0 Å². The molecule has 1 fully saturated rings. The van der Waals surface area contributed by atoms with Gasteiger partial charge in [-0.3, -0.25) is 14.5 Å². The van der Waals surface area contributed by atoms with Crippen molar-refractivity contribution in [1.82, 2.24) is 25.7 Å². The van der Waals surface area contributed by atoms with Crippen molar-refractivity contribution in [3.05, 3.63) is 17.0 Å². The van der Waals surface area contributed by atoms with Crippen molar-refractivity contribution >= 4 is 11.9 Å². The summed E-state index contributed by atoms with van der Waals surface area (Å²) in [6.45, 7) is 6.85. The molecule has 7 heteroatoms. The molecule has 146 valence electrons. The summed E-state index contributed by atoms with van der Waals surface area (Å²) in [7, 11) is 3.72. The van der Waals surface area contributed by atoms with Crippen molar-refractivity contribution in [2.24, 2.45) is 12.0 Å². The van der Waals surface area contributed by atoms with Crippen LogP contribution < -0.4 is 16.0 Å². The number of nitrogens with one attached hydrogen (secondary N) is 3. The van der Waals surface area contributed by atoms with Gasteiger partial charge in [-0.25, -0.2) is 0 Å². The van der Waals surface area contributed by atoms with Crippen molar-refractivity contribution in [2.75, 3.05) is 13.6 Å². The Labute approximate surface area is 157 Å². The van der Waals surface area contributed by atoms with E-state index in [-0.39, 0.29) is 11.9 Å². The van der Waals surface area contributed by atoms with Gasteiger partial charge < -0.3 is 16.0 Å². The summed E-state index contributed by atoms with van der Waals surface area (Å²) in [5, 5.41) is 14.2. The molecular weight excluding hydrogens is 328 g/mol. The number of rotatable bonds is 7. The van der Waals surface area contributed by atoms with Gasteiger partial charge in [-0.15, -0.1) is 0 Å². The fraction of sp³-hybridized carbons (Fsp3) is 0.737. The van der Waals surface area contributed by atoms with Crippen molar-refractivity contribution in [3.8, 4) is 0 Å². The van der Waals surface area contributed by atoms with E-state index in [1.54, 1.807) is 7.05 Å². The number of hydrogen-bond donors (Lipinski definition) is 3. The highest BCUT2D eigenvalue weighted by Crippen LogP contribution is 2.17. The Hall–Kier alpha value is -2.05. The van der Waals surface area contributed by atoms with E-state index in [0.29, 0.717) is 19.0 Å². The van der Waals surface area contributed by atoms with Gasteiger partial charge in [0.15, 0.2) is 5.96 Å². The molecule has 0 radical (unpaired) electrons. The van der Waals surface area contributed by atoms with Gasteiger partial charge in [-0.05, 0) is 45.6 Å². The fourth-order valence-electron chi connectivity index (χ4n) is 3.56. The van der Waals surface area contributed by atoms with Crippen LogP contribution in [0.25, 0.3) is 0 Å². The minimum absolute atomic E-state index is 0.120. The molecule has 2 rings (SSSR count). The monoisotopic (exact) mass is 362 g/mol. The van der Waals surface area contributed by atoms with Gasteiger partial charge in [0.05, 0.1) is 5.69 Å². The summed E-state index contributed by atoms with van der Waals surface area (Å²) in [4.78, 5) is 16.3. The van der Waals surface area contributed by atoms with E-state index in [1.165, 1.54) is 24.1 Å². The molecule has 1 aliphatic carbocycles. The van der Waals surface area contributed by atoms with Gasteiger partial charge in [0.2, 0.25) is 5.91 Å². The van der Waals surface area contributed by atoms with E-state index in [0.717, 1.165) is 30.9 Å². The Balaban J connectivity index is 1.73. The first-order chi connectivity index (χ1) is 12.4. The number of guanidine groups is 1. The maximum atomic E-state index is 12.0. The normalized spacial score (nSPS) is 16.6. The molecule has 0 bridgehead atoms. The van der Waals surface area contributed by atoms with Crippen molar-refractivity contribution in [1.29, 1.82) is 0 Å². The predicted molar refractivity (Wildman–Crippen MR) is 105 cm³/mol. The SMILES string of the molecule is CN=C(NCCC(=O)NC1CCCC1)NC(C)Cc1c(C)nn(C)c1C. The van der Waals surface area contributed by atoms with Gasteiger partial charge in [0.25, 0.3) is 0 Å². The van der Waals surface area contributed by atoms with Crippen LogP contribution in [-0.2, 0) is 18.3 Å². The molecule has 1 atom stereocenters. The average Bonchev–Trinajstić information content (AvgIpc) is 3.18. The number of amides is 1. The van der Waals surface area contributed by atoms with E-state index in [9.17, 15) is 4.79 Å². The van der Waals surface area contributed by atoms with E-state index < -0.39 is 0 Å². The molecule has 1 aliphatic rings. The lowest BCUT2D eigenvalue weighted by Crippen LogP contribution is -2.44. The molecule has 1 saturated carbocycles. The van der Waals surface area contributed by atoms with Gasteiger partial charge >= 0.3 is 0 Å². The lowest BCUT2D eigenvalue weighted by Gasteiger charge is -2.18. The highest BCUT2D eigenvalue weighted by Gasteiger charge is 2.17. The Kier molecular flexibility index (Phi) is 7.48. The zero-order valence-electron chi connectivity index (χ0n) is 16.9. The fourth-order valence-corrected chi connectivity index (χ4v) is 3.56. The number of carbonyl (C=O) groups excluding carboxylic acids is 1. The van der Waals surface area contributed by atoms with Gasteiger partial charge in [-0.2, -0.15) is 5.10 Å². The third-order valence-corrected chi connectivity index (χ3v) is 5.14. The average molecular weight is 363 g/mol. The first-order valence-electron chi connectivity index (χ1n) is 9.66. The molecule has 0 saturated heterocycles. The first-order valence-corrected chi connectivity index (χ1v) is 9.66. The molecule has 3 N–H and O–H groups in total. The van der Waals surface area contributed by atoms with E-state index in [2.05, 4.69) is 39.9 Å². The van der Waals surface area contributed by atoms with Gasteiger partial charge in [-0.1, -0.05) is 12.8 Å². The molecule has 0 spiro atoms. The Morgan fingerprint density at radius 1 is 1.35 bits per heavy atom. The summed E-state index contributed by atoms with van der Waals surface area (Å²) >= 11 is 0. The molecule has 0 aliphatic heterocycles. The Bertz CT molecular complexity index is 630. The second-order valence-electron chi connectivity index (χ2n) is 7.32. The lowest BCUT2D eigenvalue weighted by atomic mass is 10.1. The van der Waals surface area contributed by atoms with Crippen LogP contribution in [0.1, 0.15) is 56.0 Å². The summed E-state index contributed by atoms with van der Waals surface area (Å²) in [6.07, 6.45) is 6.04. The Morgan fingerprint density at radius 2 is 2.04 bits per heavy atom. The highest BCUT2D eigenvalue weighted by molar-refractivity contribution is 5.81. The van der Waals surface area contributed by atoms with Crippen LogP contribution in [0, 0.1) is 13.8 Å². The second-order valence-corrected chi connectivity index (χ2v) is 7.32. The quantitative estimate of drug-likeness (QED) is 0.508. The third-order valence-electron chi connectivity index (χ3n) is 5.14. The van der Waals surface area contributed by atoms with Crippen molar-refractivity contribution < 1.29 is 4.79 Å². The molecule has 1 aromatic rings. The van der Waals surface area contributed by atoms with Crippen LogP contribution in [0.15, 0.2) is 4.99 Å². The number of aliphatic imine (C=N–C) groups is 1. The summed E-state index contributed by atoms with van der Waals surface area (Å²) in [6, 6.07) is 0.598. The van der Waals surface area contributed by atoms with Crippen LogP contribution in [0.4, 0.5) is 0 Å². The maximum Gasteiger partial charge on any atom is 0.221 e. The number of aromatic nitrogens is 2. The smallest absolute Gasteiger partial charge is 0.221 e. The molecule has 26 heavy (non-hydrogen) atoms. The zero-order chi connectivity index (χ0) is 19.1. The van der Waals surface area contributed by atoms with Crippen LogP contribution in [-0.4, -0.2) is 47.3 Å². The zero-order valence-corrected chi connectivity index (χ0v) is 16.9. The lowest BCUT2D eigenvalue weighted by molar-refractivity contribution is -0.121. The molecule has 1 heterocycles. The summed E-state index contributed by atoms with van der Waals surface area (Å²) in [5.41, 5.74) is 3.55. The predicted octanol–water partition coefficient (Wildman–Crippen LogP) is 1.58. The molecular formula is C19H34N6O. The number of aryl methyl sites for hydroxylation is 2. The van der Waals surface area contributed by atoms with Crippen LogP contribution in [0.3, 0.4) is 0 Å². The van der Waals surface area contributed by atoms with Crippen molar-refractivity contribution in [2.45, 2.75) is 71.4 Å². The van der Waals surface area contributed by atoms with Crippen LogP contribution in [0.5, 0.6) is 0 Å². The Morgan fingerprint density at radius 3 is 2.62 bits per heavy atom. The minimum atomic E-state index is 0.120. The van der Waals surface area contributed by atoms with E-state index >= 15 is 0 Å². The molecule has 1 unspecified atom stereocenters. The molecule has 1 amide bonds. The molecule has 7 nitrogen and oxygen atoms in total. The minimum Gasteiger partial charge on any atom is -0.356 e. The number of hydrogen-bond acceptors (Lipinski definition) is 3. The first kappa shape index (κ1) is 20.3. The summed E-state index contributed by atoms with van der Waals surface area (Å²) in [5.74, 6) is 0.847. The summed E-state index contributed by atoms with van der Waals surface area (Å²) < 4.78 is 1.92. The van der Waals surface area contributed by atoms with E-state index in [1.807, 2.05) is 18.7 Å². The number of carbonyl (C=O) groups is 1. The number of nitrogens with zero attached hydrogens (tertiary/aromatic N) is 3. The second kappa shape index (κ2) is 9.59. The van der Waals surface area contributed by atoms with Gasteiger partial charge in [0, 0.05) is 44.8 Å². The van der Waals surface area contributed by atoms with Crippen LogP contribution in [0.2, 0.25) is 0 Å². The maximum absolute atomic E-state index is 12.0. The highest BCUT2D eigenvalue weighted by atomic mass is 16.1. The van der Waals surface area contributed by atoms with E-state index in [4.69, 9.17) is 0 Å². The van der Waals surface area contributed by atoms with Gasteiger partial charge in [0.1, 0.15) is 0 Å². The van der Waals surface area contributed by atoms with Crippen molar-refractivity contribution in [3.63, 3.8) is 0 Å².